The Morgan fingerprint density at radius 1 is 0.978 bits per heavy atom. The van der Waals surface area contributed by atoms with Crippen LogP contribution in [-0.4, -0.2) is 102 Å². The molecule has 14 nitrogen and oxygen atoms in total. The maximum Gasteiger partial charge on any atom is 0.303 e. The van der Waals surface area contributed by atoms with E-state index in [1.54, 1.807) is 5.32 Å². The fourth-order valence-corrected chi connectivity index (χ4v) is 4.92. The first-order valence-corrected chi connectivity index (χ1v) is 15.1. The van der Waals surface area contributed by atoms with Gasteiger partial charge in [-0.2, -0.15) is 0 Å². The van der Waals surface area contributed by atoms with E-state index in [1.807, 2.05) is 41.5 Å². The minimum Gasteiger partial charge on any atom is -0.488 e. The average Bonchev–Trinajstić information content (AvgIpc) is 3.38. The van der Waals surface area contributed by atoms with Crippen LogP contribution < -0.4 is 10.1 Å². The fraction of sp³-hybridized carbons (Fsp3) is 0.516. The molecule has 0 bridgehead atoms. The second-order valence-corrected chi connectivity index (χ2v) is 9.66. The van der Waals surface area contributed by atoms with Crippen molar-refractivity contribution in [2.24, 2.45) is 0 Å². The number of amides is 3. The lowest BCUT2D eigenvalue weighted by Gasteiger charge is -2.44. The number of nitrogens with zero attached hydrogens (tertiary/aromatic N) is 2. The Bertz CT molecular complexity index is 1380. The molecule has 0 aliphatic carbocycles. The van der Waals surface area contributed by atoms with E-state index >= 15 is 0 Å². The van der Waals surface area contributed by atoms with Crippen molar-refractivity contribution in [2.75, 3.05) is 26.3 Å². The highest BCUT2D eigenvalue weighted by Crippen LogP contribution is 2.38. The number of imide groups is 1. The van der Waals surface area contributed by atoms with Crippen LogP contribution in [0.25, 0.3) is 0 Å². The third-order valence-corrected chi connectivity index (χ3v) is 7.24. The Morgan fingerprint density at radius 2 is 1.59 bits per heavy atom. The van der Waals surface area contributed by atoms with Gasteiger partial charge >= 0.3 is 5.79 Å². The maximum atomic E-state index is 14.9. The first kappa shape index (κ1) is 38.6. The monoisotopic (exact) mass is 653 g/mol. The summed E-state index contributed by atoms with van der Waals surface area (Å²) in [4.78, 5) is 39.2. The normalized spacial score (nSPS) is 20.2. The smallest absolute Gasteiger partial charge is 0.303 e. The number of carbonyl (C=O) groups is 3. The molecule has 15 heteroatoms. The van der Waals surface area contributed by atoms with E-state index in [1.165, 1.54) is 35.2 Å². The number of aliphatic hydroxyl groups is 6. The summed E-state index contributed by atoms with van der Waals surface area (Å²) in [7, 11) is 0. The van der Waals surface area contributed by atoms with Gasteiger partial charge in [-0.25, -0.2) is 9.29 Å². The van der Waals surface area contributed by atoms with Crippen LogP contribution in [0.1, 0.15) is 68.6 Å². The number of morpholine rings is 1. The lowest BCUT2D eigenvalue weighted by Crippen LogP contribution is -2.79. The van der Waals surface area contributed by atoms with E-state index in [9.17, 15) is 49.4 Å². The van der Waals surface area contributed by atoms with Crippen molar-refractivity contribution in [3.8, 4) is 5.75 Å². The number of fused-ring (bicyclic) bond motifs is 1. The van der Waals surface area contributed by atoms with Crippen LogP contribution >= 0.6 is 0 Å². The molecule has 0 aromatic heterocycles. The molecular formula is C31H44FN3O11. The Kier molecular flexibility index (Phi) is 13.3. The topological polar surface area (TPSA) is 210 Å². The zero-order valence-corrected chi connectivity index (χ0v) is 26.8. The number of hydrogen-bond donors (Lipinski definition) is 7. The predicted octanol–water partition coefficient (Wildman–Crippen LogP) is 0.253. The van der Waals surface area contributed by atoms with Crippen molar-refractivity contribution in [1.82, 2.24) is 15.1 Å². The highest BCUT2D eigenvalue weighted by molar-refractivity contribution is 6.08. The number of ether oxygens (including phenoxy) is 2. The summed E-state index contributed by atoms with van der Waals surface area (Å²) in [5.74, 6) is -14.7. The predicted molar refractivity (Wildman–Crippen MR) is 161 cm³/mol. The van der Waals surface area contributed by atoms with Gasteiger partial charge in [0, 0.05) is 35.3 Å². The van der Waals surface area contributed by atoms with Gasteiger partial charge in [-0.05, 0) is 18.2 Å². The van der Waals surface area contributed by atoms with Crippen molar-refractivity contribution in [3.05, 3.63) is 64.5 Å². The molecule has 3 amide bonds. The SMILES string of the molecule is CC.CC.CC.O=C1NC(=O)C(O)(O)C(O)(O)C1N1Cc2c(OCc3ccc(C(O)(O)N4CCOCC4)cc3F)cccc2C1=O. The van der Waals surface area contributed by atoms with E-state index in [2.05, 4.69) is 0 Å². The molecule has 0 spiro atoms. The van der Waals surface area contributed by atoms with Crippen LogP contribution in [0, 0.1) is 5.82 Å². The molecule has 2 aromatic carbocycles. The van der Waals surface area contributed by atoms with Crippen molar-refractivity contribution in [1.29, 1.82) is 0 Å². The van der Waals surface area contributed by atoms with Gasteiger partial charge in [0.05, 0.1) is 19.8 Å². The number of carbonyl (C=O) groups excluding carboxylic acids is 3. The summed E-state index contributed by atoms with van der Waals surface area (Å²) in [6, 6.07) is 5.58. The van der Waals surface area contributed by atoms with Gasteiger partial charge < -0.3 is 45.0 Å². The lowest BCUT2D eigenvalue weighted by atomic mass is 9.90. The van der Waals surface area contributed by atoms with Gasteiger partial charge in [-0.15, -0.1) is 0 Å². The summed E-state index contributed by atoms with van der Waals surface area (Å²) < 4.78 is 25.9. The Balaban J connectivity index is 0.00000116. The number of nitrogens with one attached hydrogen (secondary N) is 1. The molecule has 1 atom stereocenters. The van der Waals surface area contributed by atoms with Gasteiger partial charge in [0.25, 0.3) is 29.4 Å². The summed E-state index contributed by atoms with van der Waals surface area (Å²) in [6.07, 6.45) is 0. The van der Waals surface area contributed by atoms with Crippen LogP contribution in [0.3, 0.4) is 0 Å². The molecule has 5 rings (SSSR count). The molecule has 3 heterocycles. The number of piperidine rings is 1. The average molecular weight is 654 g/mol. The number of rotatable bonds is 6. The zero-order valence-electron chi connectivity index (χ0n) is 26.8. The first-order valence-electron chi connectivity index (χ1n) is 15.1. The van der Waals surface area contributed by atoms with E-state index < -0.39 is 53.6 Å². The molecule has 256 valence electrons. The van der Waals surface area contributed by atoms with Crippen LogP contribution in [0.15, 0.2) is 36.4 Å². The molecule has 2 fully saturated rings. The molecule has 3 aliphatic heterocycles. The third-order valence-electron chi connectivity index (χ3n) is 7.24. The number of halogens is 1. The summed E-state index contributed by atoms with van der Waals surface area (Å²) in [6.45, 7) is 12.3. The van der Waals surface area contributed by atoms with Gasteiger partial charge in [-0.1, -0.05) is 59.7 Å². The molecule has 0 radical (unpaired) electrons. The Morgan fingerprint density at radius 3 is 2.17 bits per heavy atom. The van der Waals surface area contributed by atoms with Crippen molar-refractivity contribution < 1.29 is 58.9 Å². The molecule has 3 aliphatic rings. The van der Waals surface area contributed by atoms with Crippen LogP contribution in [-0.2, 0) is 33.4 Å². The fourth-order valence-electron chi connectivity index (χ4n) is 4.92. The maximum absolute atomic E-state index is 14.9. The van der Waals surface area contributed by atoms with E-state index in [-0.39, 0.29) is 47.7 Å². The second kappa shape index (κ2) is 15.8. The summed E-state index contributed by atoms with van der Waals surface area (Å²) >= 11 is 0. The first-order chi connectivity index (χ1) is 21.8. The zero-order chi connectivity index (χ0) is 35.0. The molecule has 0 saturated carbocycles. The molecule has 2 saturated heterocycles. The molecule has 1 unspecified atom stereocenters. The van der Waals surface area contributed by atoms with E-state index in [0.29, 0.717) is 18.1 Å². The second-order valence-electron chi connectivity index (χ2n) is 9.66. The van der Waals surface area contributed by atoms with Gasteiger partial charge in [-0.3, -0.25) is 19.7 Å². The molecule has 2 aromatic rings. The minimum atomic E-state index is -3.80. The van der Waals surface area contributed by atoms with Gasteiger partial charge in [0.1, 0.15) is 18.2 Å². The summed E-state index contributed by atoms with van der Waals surface area (Å²) in [5.41, 5.74) is 0.123. The van der Waals surface area contributed by atoms with Gasteiger partial charge in [0.2, 0.25) is 0 Å². The standard InChI is InChI=1S/C25H26FN3O11.3C2H6/c26-17-10-14(25(37,38)28-6-8-39-9-7-28)5-4-13(17)12-40-18-3-1-2-15-16(18)11-29(21(15)31)19-20(30)27-22(32)24(35,36)23(19,33)34;3*1-2/h1-5,10,19,33-38H,6-9,11-12H2,(H,27,30,32);3*1-2H3. The highest BCUT2D eigenvalue weighted by Gasteiger charge is 2.67. The minimum absolute atomic E-state index is 0.00819. The lowest BCUT2D eigenvalue weighted by molar-refractivity contribution is -0.355. The highest BCUT2D eigenvalue weighted by atomic mass is 19.1. The van der Waals surface area contributed by atoms with E-state index in [0.717, 1.165) is 6.07 Å². The van der Waals surface area contributed by atoms with Crippen molar-refractivity contribution in [2.45, 2.75) is 78.2 Å². The van der Waals surface area contributed by atoms with Crippen molar-refractivity contribution in [3.63, 3.8) is 0 Å². The Labute approximate surface area is 266 Å². The van der Waals surface area contributed by atoms with Crippen molar-refractivity contribution >= 4 is 17.7 Å². The van der Waals surface area contributed by atoms with Crippen LogP contribution in [0.2, 0.25) is 0 Å². The Hall–Kier alpha value is -3.54. The number of benzene rings is 2. The summed E-state index contributed by atoms with van der Waals surface area (Å²) in [5, 5.41) is 63.2. The van der Waals surface area contributed by atoms with Crippen LogP contribution in [0.4, 0.5) is 4.39 Å². The van der Waals surface area contributed by atoms with Gasteiger partial charge in [0.15, 0.2) is 6.04 Å². The quantitative estimate of drug-likeness (QED) is 0.165. The molecular weight excluding hydrogens is 609 g/mol. The largest absolute Gasteiger partial charge is 0.488 e. The third kappa shape index (κ3) is 7.21. The molecule has 7 N–H and O–H groups in total. The number of hydrogen-bond acceptors (Lipinski definition) is 12. The van der Waals surface area contributed by atoms with E-state index in [4.69, 9.17) is 9.47 Å². The molecule has 46 heavy (non-hydrogen) atoms. The van der Waals surface area contributed by atoms with Crippen LogP contribution in [0.5, 0.6) is 5.75 Å².